The lowest BCUT2D eigenvalue weighted by Crippen LogP contribution is -2.49. The van der Waals surface area contributed by atoms with Gasteiger partial charge in [0.05, 0.1) is 11.0 Å². The van der Waals surface area contributed by atoms with E-state index in [1.54, 1.807) is 0 Å². The Morgan fingerprint density at radius 1 is 1.19 bits per heavy atom. The summed E-state index contributed by atoms with van der Waals surface area (Å²) in [7, 11) is 0. The first-order chi connectivity index (χ1) is 10.3. The molecule has 1 atom stereocenters. The van der Waals surface area contributed by atoms with E-state index < -0.39 is 0 Å². The number of piperazine rings is 1. The molecule has 2 N–H and O–H groups in total. The van der Waals surface area contributed by atoms with E-state index >= 15 is 0 Å². The number of benzene rings is 1. The fraction of sp³-hybridized carbons (Fsp3) is 0.500. The van der Waals surface area contributed by atoms with E-state index in [2.05, 4.69) is 22.5 Å². The molecule has 0 amide bonds. The molecule has 2 heterocycles. The highest BCUT2D eigenvalue weighted by Crippen LogP contribution is 2.31. The summed E-state index contributed by atoms with van der Waals surface area (Å²) in [5, 5.41) is 7.03. The fourth-order valence-electron chi connectivity index (χ4n) is 2.85. The van der Waals surface area contributed by atoms with Gasteiger partial charge in [-0.15, -0.1) is 0 Å². The van der Waals surface area contributed by atoms with Gasteiger partial charge in [-0.3, -0.25) is 0 Å². The van der Waals surface area contributed by atoms with E-state index in [1.807, 2.05) is 24.3 Å². The van der Waals surface area contributed by atoms with Crippen molar-refractivity contribution in [2.75, 3.05) is 29.9 Å². The predicted molar refractivity (Wildman–Crippen MR) is 85.9 cm³/mol. The van der Waals surface area contributed by atoms with Crippen LogP contribution >= 0.6 is 0 Å². The van der Waals surface area contributed by atoms with E-state index in [-0.39, 0.29) is 0 Å². The van der Waals surface area contributed by atoms with E-state index in [1.165, 1.54) is 12.8 Å². The van der Waals surface area contributed by atoms with Crippen LogP contribution in [0.25, 0.3) is 11.0 Å². The molecule has 1 aromatic heterocycles. The third-order valence-electron chi connectivity index (χ3n) is 4.14. The molecule has 1 saturated carbocycles. The van der Waals surface area contributed by atoms with Gasteiger partial charge in [-0.1, -0.05) is 12.1 Å². The van der Waals surface area contributed by atoms with Gasteiger partial charge in [-0.25, -0.2) is 9.97 Å². The summed E-state index contributed by atoms with van der Waals surface area (Å²) in [4.78, 5) is 12.1. The first kappa shape index (κ1) is 12.8. The van der Waals surface area contributed by atoms with Crippen LogP contribution in [0.4, 0.5) is 11.6 Å². The first-order valence-corrected chi connectivity index (χ1v) is 7.81. The average Bonchev–Trinajstić information content (AvgIpc) is 3.30. The Bertz CT molecular complexity index is 652. The zero-order valence-corrected chi connectivity index (χ0v) is 12.3. The maximum atomic E-state index is 4.89. The summed E-state index contributed by atoms with van der Waals surface area (Å²) < 4.78 is 0. The number of nitrogens with zero attached hydrogens (tertiary/aromatic N) is 3. The summed E-state index contributed by atoms with van der Waals surface area (Å²) in [6, 6.07) is 9.18. The summed E-state index contributed by atoms with van der Waals surface area (Å²) in [6.07, 6.45) is 2.48. The molecule has 0 bridgehead atoms. The Morgan fingerprint density at radius 3 is 2.67 bits per heavy atom. The monoisotopic (exact) mass is 283 g/mol. The number of hydrogen-bond donors (Lipinski definition) is 2. The molecule has 21 heavy (non-hydrogen) atoms. The van der Waals surface area contributed by atoms with Crippen LogP contribution in [-0.2, 0) is 0 Å². The minimum absolute atomic E-state index is 0.487. The molecule has 1 saturated heterocycles. The second-order valence-electron chi connectivity index (χ2n) is 6.10. The van der Waals surface area contributed by atoms with Crippen molar-refractivity contribution in [3.05, 3.63) is 24.3 Å². The van der Waals surface area contributed by atoms with E-state index in [0.29, 0.717) is 12.1 Å². The number of hydrogen-bond acceptors (Lipinski definition) is 5. The lowest BCUT2D eigenvalue weighted by Gasteiger charge is -2.33. The van der Waals surface area contributed by atoms with Gasteiger partial charge in [-0.05, 0) is 31.9 Å². The lowest BCUT2D eigenvalue weighted by molar-refractivity contribution is 0.482. The highest BCUT2D eigenvalue weighted by molar-refractivity contribution is 5.80. The van der Waals surface area contributed by atoms with Gasteiger partial charge < -0.3 is 15.5 Å². The van der Waals surface area contributed by atoms with Crippen LogP contribution in [-0.4, -0.2) is 41.7 Å². The molecule has 2 aromatic rings. The normalized spacial score (nSPS) is 22.5. The zero-order valence-electron chi connectivity index (χ0n) is 12.3. The van der Waals surface area contributed by atoms with Crippen molar-refractivity contribution in [3.63, 3.8) is 0 Å². The molecule has 1 aromatic carbocycles. The third-order valence-corrected chi connectivity index (χ3v) is 4.14. The van der Waals surface area contributed by atoms with Crippen molar-refractivity contribution in [2.45, 2.75) is 31.8 Å². The van der Waals surface area contributed by atoms with Crippen LogP contribution in [0.1, 0.15) is 19.8 Å². The number of nitrogens with one attached hydrogen (secondary N) is 2. The molecule has 5 heteroatoms. The van der Waals surface area contributed by atoms with Crippen LogP contribution in [0.15, 0.2) is 24.3 Å². The zero-order chi connectivity index (χ0) is 14.2. The Kier molecular flexibility index (Phi) is 3.15. The molecule has 1 aliphatic carbocycles. The Balaban J connectivity index is 1.76. The van der Waals surface area contributed by atoms with Gasteiger partial charge in [0.1, 0.15) is 0 Å². The maximum absolute atomic E-state index is 4.89. The largest absolute Gasteiger partial charge is 0.364 e. The summed E-state index contributed by atoms with van der Waals surface area (Å²) in [5.41, 5.74) is 1.94. The average molecular weight is 283 g/mol. The Labute approximate surface area is 124 Å². The van der Waals surface area contributed by atoms with E-state index in [9.17, 15) is 0 Å². The van der Waals surface area contributed by atoms with Crippen molar-refractivity contribution in [1.29, 1.82) is 0 Å². The second kappa shape index (κ2) is 5.15. The van der Waals surface area contributed by atoms with Crippen LogP contribution < -0.4 is 15.5 Å². The smallest absolute Gasteiger partial charge is 0.172 e. The van der Waals surface area contributed by atoms with Crippen molar-refractivity contribution in [1.82, 2.24) is 15.3 Å². The van der Waals surface area contributed by atoms with Crippen molar-refractivity contribution in [2.24, 2.45) is 0 Å². The molecule has 2 aliphatic rings. The Morgan fingerprint density at radius 2 is 1.95 bits per heavy atom. The molecular weight excluding hydrogens is 262 g/mol. The van der Waals surface area contributed by atoms with E-state index in [4.69, 9.17) is 9.97 Å². The van der Waals surface area contributed by atoms with Crippen LogP contribution in [0.2, 0.25) is 0 Å². The molecule has 2 fully saturated rings. The first-order valence-electron chi connectivity index (χ1n) is 7.81. The highest BCUT2D eigenvalue weighted by atomic mass is 15.3. The van der Waals surface area contributed by atoms with Gasteiger partial charge in [0.25, 0.3) is 0 Å². The molecule has 0 radical (unpaired) electrons. The summed E-state index contributed by atoms with van der Waals surface area (Å²) in [5.74, 6) is 1.96. The van der Waals surface area contributed by atoms with Crippen molar-refractivity contribution in [3.8, 4) is 0 Å². The maximum Gasteiger partial charge on any atom is 0.172 e. The summed E-state index contributed by atoms with van der Waals surface area (Å²) >= 11 is 0. The van der Waals surface area contributed by atoms with Crippen LogP contribution in [0.3, 0.4) is 0 Å². The number of rotatable bonds is 3. The van der Waals surface area contributed by atoms with Crippen LogP contribution in [0, 0.1) is 0 Å². The topological polar surface area (TPSA) is 53.1 Å². The van der Waals surface area contributed by atoms with Gasteiger partial charge in [-0.2, -0.15) is 0 Å². The Hall–Kier alpha value is -1.88. The third kappa shape index (κ3) is 2.65. The molecule has 1 unspecified atom stereocenters. The molecular formula is C16H21N5. The minimum Gasteiger partial charge on any atom is -0.364 e. The molecule has 110 valence electrons. The van der Waals surface area contributed by atoms with Crippen molar-refractivity contribution < 1.29 is 0 Å². The number of anilines is 2. The highest BCUT2D eigenvalue weighted by Gasteiger charge is 2.26. The SMILES string of the molecule is CC1CN(c2nc3ccccc3nc2NC2CC2)CCN1. The number of aromatic nitrogens is 2. The molecule has 5 nitrogen and oxygen atoms in total. The number of para-hydroxylation sites is 2. The van der Waals surface area contributed by atoms with Gasteiger partial charge >= 0.3 is 0 Å². The molecule has 1 aliphatic heterocycles. The van der Waals surface area contributed by atoms with Gasteiger partial charge in [0.2, 0.25) is 0 Å². The van der Waals surface area contributed by atoms with Gasteiger partial charge in [0, 0.05) is 31.7 Å². The lowest BCUT2D eigenvalue weighted by atomic mass is 10.2. The standard InChI is InChI=1S/C16H21N5/c1-11-10-21(9-8-17-11)16-15(18-12-6-7-12)19-13-4-2-3-5-14(13)20-16/h2-5,11-12,17H,6-10H2,1H3,(H,18,19). The van der Waals surface area contributed by atoms with Crippen LogP contribution in [0.5, 0.6) is 0 Å². The molecule has 4 rings (SSSR count). The van der Waals surface area contributed by atoms with E-state index in [0.717, 1.165) is 42.3 Å². The van der Waals surface area contributed by atoms with Crippen molar-refractivity contribution >= 4 is 22.7 Å². The quantitative estimate of drug-likeness (QED) is 0.902. The predicted octanol–water partition coefficient (Wildman–Crippen LogP) is 2.00. The van der Waals surface area contributed by atoms with Gasteiger partial charge in [0.15, 0.2) is 11.6 Å². The minimum atomic E-state index is 0.487. The fourth-order valence-corrected chi connectivity index (χ4v) is 2.85. The summed E-state index contributed by atoms with van der Waals surface area (Å²) in [6.45, 7) is 5.18. The molecule has 0 spiro atoms. The number of fused-ring (bicyclic) bond motifs is 1. The second-order valence-corrected chi connectivity index (χ2v) is 6.10.